The summed E-state index contributed by atoms with van der Waals surface area (Å²) >= 11 is 0. The van der Waals surface area contributed by atoms with Gasteiger partial charge < -0.3 is 19.3 Å². The molecular formula is C44H83N3O9. The Morgan fingerprint density at radius 1 is 0.554 bits per heavy atom. The van der Waals surface area contributed by atoms with Crippen molar-refractivity contribution < 1.29 is 43.4 Å². The SMILES string of the molecule is CCCON1C(C)(C)CCC(OC(=O)CC(C(=O)OC2CCC(C)(C)N(OCCC)C(C)(C)C2)C(O)OC2CCC(C)(C)N(OCCC)C(C)(C)C2)CC1(C)C. The summed E-state index contributed by atoms with van der Waals surface area (Å²) in [5, 5.41) is 18.1. The molecule has 0 saturated carbocycles. The van der Waals surface area contributed by atoms with Gasteiger partial charge in [-0.2, -0.15) is 15.2 Å². The molecule has 12 heteroatoms. The van der Waals surface area contributed by atoms with E-state index in [1.807, 2.05) is 0 Å². The monoisotopic (exact) mass is 798 g/mol. The molecule has 0 radical (unpaired) electrons. The van der Waals surface area contributed by atoms with E-state index in [9.17, 15) is 14.7 Å². The van der Waals surface area contributed by atoms with Crippen LogP contribution in [0.4, 0.5) is 0 Å². The number of nitrogens with zero attached hydrogens (tertiary/aromatic N) is 3. The van der Waals surface area contributed by atoms with Gasteiger partial charge in [-0.05, 0) is 147 Å². The molecule has 0 aliphatic carbocycles. The minimum Gasteiger partial charge on any atom is -0.462 e. The Morgan fingerprint density at radius 3 is 1.27 bits per heavy atom. The van der Waals surface area contributed by atoms with Gasteiger partial charge in [-0.1, -0.05) is 20.8 Å². The molecule has 0 aromatic heterocycles. The van der Waals surface area contributed by atoms with E-state index in [1.54, 1.807) is 0 Å². The molecular weight excluding hydrogens is 714 g/mol. The standard InChI is InChI=1S/C44H83N3O9/c1-16-25-51-45-39(4,5)22-19-32(29-42(45,10)11)54-36(48)28-35(37(49)55-33-20-23-40(6,7)46(52-26-17-2)43(12,13)30-33)38(50)56-34-21-24-41(8,9)47(53-27-18-3)44(14,15)31-34/h32-35,37,49H,16-31H2,1-15H3. The molecule has 0 aromatic rings. The van der Waals surface area contributed by atoms with Crippen molar-refractivity contribution in [3.63, 3.8) is 0 Å². The first kappa shape index (κ1) is 49.0. The first-order valence-corrected chi connectivity index (χ1v) is 21.8. The lowest BCUT2D eigenvalue weighted by Gasteiger charge is -2.45. The van der Waals surface area contributed by atoms with Crippen molar-refractivity contribution in [1.82, 2.24) is 15.2 Å². The van der Waals surface area contributed by atoms with Crippen LogP contribution >= 0.6 is 0 Å². The second kappa shape index (κ2) is 19.8. The molecule has 1 N–H and O–H groups in total. The minimum absolute atomic E-state index is 0.271. The Bertz CT molecular complexity index is 1250. The zero-order valence-electron chi connectivity index (χ0n) is 38.3. The normalized spacial score (nSPS) is 29.0. The fourth-order valence-electron chi connectivity index (χ4n) is 9.70. The smallest absolute Gasteiger partial charge is 0.314 e. The lowest BCUT2D eigenvalue weighted by Crippen LogP contribution is -2.54. The molecule has 56 heavy (non-hydrogen) atoms. The second-order valence-corrected chi connectivity index (χ2v) is 20.6. The van der Waals surface area contributed by atoms with Crippen LogP contribution in [0, 0.1) is 5.92 Å². The summed E-state index contributed by atoms with van der Waals surface area (Å²) in [6.07, 6.45) is 5.32. The summed E-state index contributed by atoms with van der Waals surface area (Å²) in [7, 11) is 0. The van der Waals surface area contributed by atoms with E-state index in [4.69, 9.17) is 28.7 Å². The number of carbonyl (C=O) groups excluding carboxylic acids is 2. The Morgan fingerprint density at radius 2 is 0.893 bits per heavy atom. The summed E-state index contributed by atoms with van der Waals surface area (Å²) in [6.45, 7) is 33.7. The van der Waals surface area contributed by atoms with Crippen LogP contribution in [0.15, 0.2) is 0 Å². The molecule has 0 aromatic carbocycles. The van der Waals surface area contributed by atoms with Crippen LogP contribution in [-0.2, 0) is 38.3 Å². The van der Waals surface area contributed by atoms with Gasteiger partial charge in [-0.3, -0.25) is 24.1 Å². The lowest BCUT2D eigenvalue weighted by molar-refractivity contribution is -0.267. The van der Waals surface area contributed by atoms with Gasteiger partial charge in [-0.15, -0.1) is 0 Å². The van der Waals surface area contributed by atoms with Crippen molar-refractivity contribution in [3.8, 4) is 0 Å². The number of hydrogen-bond donors (Lipinski definition) is 1. The van der Waals surface area contributed by atoms with Gasteiger partial charge in [0.1, 0.15) is 18.1 Å². The third-order valence-corrected chi connectivity index (χ3v) is 11.9. The molecule has 3 saturated heterocycles. The van der Waals surface area contributed by atoms with Crippen molar-refractivity contribution in [3.05, 3.63) is 0 Å². The summed E-state index contributed by atoms with van der Waals surface area (Å²) in [5.41, 5.74) is -2.12. The number of esters is 2. The lowest BCUT2D eigenvalue weighted by atomic mass is 9.94. The quantitative estimate of drug-likeness (QED) is 0.112. The second-order valence-electron chi connectivity index (χ2n) is 20.6. The molecule has 3 aliphatic rings. The van der Waals surface area contributed by atoms with Crippen molar-refractivity contribution >= 4 is 11.9 Å². The van der Waals surface area contributed by atoms with Gasteiger partial charge in [0.15, 0.2) is 6.29 Å². The Hall–Kier alpha value is -1.38. The zero-order chi connectivity index (χ0) is 42.3. The molecule has 5 unspecified atom stereocenters. The number of hydroxylamine groups is 6. The topological polar surface area (TPSA) is 119 Å². The van der Waals surface area contributed by atoms with Gasteiger partial charge in [0.2, 0.25) is 0 Å². The van der Waals surface area contributed by atoms with E-state index in [2.05, 4.69) is 119 Å². The van der Waals surface area contributed by atoms with E-state index in [0.29, 0.717) is 58.3 Å². The van der Waals surface area contributed by atoms with Gasteiger partial charge >= 0.3 is 11.9 Å². The number of hydrogen-bond acceptors (Lipinski definition) is 12. The molecule has 5 atom stereocenters. The minimum atomic E-state index is -1.58. The number of aliphatic hydroxyl groups is 1. The molecule has 328 valence electrons. The highest BCUT2D eigenvalue weighted by Gasteiger charge is 2.48. The maximum Gasteiger partial charge on any atom is 0.314 e. The van der Waals surface area contributed by atoms with Crippen molar-refractivity contribution in [2.45, 2.75) is 245 Å². The number of aliphatic hydroxyl groups excluding tert-OH is 1. The van der Waals surface area contributed by atoms with Gasteiger partial charge in [0.05, 0.1) is 32.3 Å². The Balaban J connectivity index is 1.87. The molecule has 3 rings (SSSR count). The summed E-state index contributed by atoms with van der Waals surface area (Å²) in [6, 6.07) is 0. The van der Waals surface area contributed by atoms with E-state index in [1.165, 1.54) is 0 Å². The number of ether oxygens (including phenoxy) is 3. The number of rotatable bonds is 17. The Kier molecular flexibility index (Phi) is 17.3. The predicted molar refractivity (Wildman–Crippen MR) is 219 cm³/mol. The summed E-state index contributed by atoms with van der Waals surface area (Å²) < 4.78 is 18.9. The summed E-state index contributed by atoms with van der Waals surface area (Å²) in [5.74, 6) is -2.49. The summed E-state index contributed by atoms with van der Waals surface area (Å²) in [4.78, 5) is 47.1. The maximum atomic E-state index is 14.3. The fourth-order valence-corrected chi connectivity index (χ4v) is 9.70. The van der Waals surface area contributed by atoms with Crippen LogP contribution < -0.4 is 0 Å². The number of carbonyl (C=O) groups is 2. The first-order valence-electron chi connectivity index (χ1n) is 21.8. The average molecular weight is 798 g/mol. The first-order chi connectivity index (χ1) is 25.8. The highest BCUT2D eigenvalue weighted by molar-refractivity contribution is 5.80. The van der Waals surface area contributed by atoms with Crippen LogP contribution in [-0.4, -0.2) is 110 Å². The molecule has 0 amide bonds. The third-order valence-electron chi connectivity index (χ3n) is 11.9. The average Bonchev–Trinajstić information content (AvgIpc) is 3.25. The van der Waals surface area contributed by atoms with Gasteiger partial charge in [0, 0.05) is 46.1 Å². The van der Waals surface area contributed by atoms with E-state index < -0.39 is 46.9 Å². The van der Waals surface area contributed by atoms with Gasteiger partial charge in [0.25, 0.3) is 0 Å². The van der Waals surface area contributed by atoms with Crippen LogP contribution in [0.1, 0.15) is 187 Å². The molecule has 12 nitrogen and oxygen atoms in total. The predicted octanol–water partition coefficient (Wildman–Crippen LogP) is 8.67. The molecule has 0 spiro atoms. The van der Waals surface area contributed by atoms with Crippen LogP contribution in [0.3, 0.4) is 0 Å². The van der Waals surface area contributed by atoms with Crippen molar-refractivity contribution in [2.24, 2.45) is 5.92 Å². The van der Waals surface area contributed by atoms with E-state index in [0.717, 1.165) is 38.5 Å². The molecule has 0 bridgehead atoms. The molecule has 3 aliphatic heterocycles. The molecule has 3 fully saturated rings. The van der Waals surface area contributed by atoms with Crippen molar-refractivity contribution in [2.75, 3.05) is 19.8 Å². The highest BCUT2D eigenvalue weighted by atomic mass is 16.7. The fraction of sp³-hybridized carbons (Fsp3) is 0.955. The maximum absolute atomic E-state index is 14.3. The van der Waals surface area contributed by atoms with E-state index >= 15 is 0 Å². The van der Waals surface area contributed by atoms with E-state index in [-0.39, 0.29) is 35.2 Å². The van der Waals surface area contributed by atoms with Crippen LogP contribution in [0.2, 0.25) is 0 Å². The third kappa shape index (κ3) is 13.1. The van der Waals surface area contributed by atoms with Gasteiger partial charge in [-0.25, -0.2) is 0 Å². The zero-order valence-corrected chi connectivity index (χ0v) is 38.3. The van der Waals surface area contributed by atoms with Crippen molar-refractivity contribution in [1.29, 1.82) is 0 Å². The largest absolute Gasteiger partial charge is 0.462 e. The highest BCUT2D eigenvalue weighted by Crippen LogP contribution is 2.42. The van der Waals surface area contributed by atoms with Crippen LogP contribution in [0.5, 0.6) is 0 Å². The van der Waals surface area contributed by atoms with Crippen LogP contribution in [0.25, 0.3) is 0 Å². The molecule has 3 heterocycles. The Labute approximate surface area is 340 Å².